The van der Waals surface area contributed by atoms with E-state index in [0.29, 0.717) is 5.69 Å². The topological polar surface area (TPSA) is 86.6 Å². The van der Waals surface area contributed by atoms with Crippen LogP contribution in [0.1, 0.15) is 41.5 Å². The zero-order chi connectivity index (χ0) is 13.2. The van der Waals surface area contributed by atoms with Crippen LogP contribution in [-0.4, -0.2) is 27.7 Å². The Morgan fingerprint density at radius 3 is 2.12 bits per heavy atom. The van der Waals surface area contributed by atoms with Crippen LogP contribution in [0.15, 0.2) is 18.2 Å². The van der Waals surface area contributed by atoms with Crippen LogP contribution in [-0.2, 0) is 0 Å². The Kier molecular flexibility index (Phi) is 3.41. The third kappa shape index (κ3) is 3.21. The highest BCUT2D eigenvalue weighted by molar-refractivity contribution is 6.05. The molecular formula is C12H15NO4. The van der Waals surface area contributed by atoms with E-state index in [1.807, 2.05) is 20.8 Å². The second-order valence-electron chi connectivity index (χ2n) is 4.71. The summed E-state index contributed by atoms with van der Waals surface area (Å²) in [6, 6.07) is 4.35. The first-order valence-corrected chi connectivity index (χ1v) is 5.10. The highest BCUT2D eigenvalue weighted by atomic mass is 16.4. The molecule has 1 rings (SSSR count). The van der Waals surface area contributed by atoms with E-state index in [1.165, 1.54) is 12.1 Å². The maximum atomic E-state index is 11.1. The lowest BCUT2D eigenvalue weighted by molar-refractivity contribution is 0.0652. The van der Waals surface area contributed by atoms with Crippen molar-refractivity contribution in [2.75, 3.05) is 5.32 Å². The van der Waals surface area contributed by atoms with Crippen LogP contribution in [0.3, 0.4) is 0 Å². The van der Waals surface area contributed by atoms with Crippen molar-refractivity contribution in [2.45, 2.75) is 26.3 Å². The lowest BCUT2D eigenvalue weighted by Gasteiger charge is -2.23. The number of benzene rings is 1. The lowest BCUT2D eigenvalue weighted by Crippen LogP contribution is -2.28. The van der Waals surface area contributed by atoms with Crippen LogP contribution in [0.4, 0.5) is 5.69 Å². The molecule has 0 bridgehead atoms. The average molecular weight is 237 g/mol. The third-order valence-electron chi connectivity index (χ3n) is 2.02. The summed E-state index contributed by atoms with van der Waals surface area (Å²) in [5.41, 5.74) is -0.465. The van der Waals surface area contributed by atoms with E-state index < -0.39 is 11.9 Å². The molecule has 0 fully saturated rings. The smallest absolute Gasteiger partial charge is 0.338 e. The molecule has 0 saturated heterocycles. The third-order valence-corrected chi connectivity index (χ3v) is 2.02. The molecule has 0 amide bonds. The Morgan fingerprint density at radius 2 is 1.71 bits per heavy atom. The number of anilines is 1. The van der Waals surface area contributed by atoms with Gasteiger partial charge in [-0.1, -0.05) is 6.07 Å². The second-order valence-corrected chi connectivity index (χ2v) is 4.71. The van der Waals surface area contributed by atoms with Gasteiger partial charge in [0.1, 0.15) is 0 Å². The van der Waals surface area contributed by atoms with E-state index in [0.717, 1.165) is 0 Å². The SMILES string of the molecule is CC(C)(C)Nc1cccc(C(=O)O)c1C(=O)O. The first-order valence-electron chi connectivity index (χ1n) is 5.10. The first-order chi connectivity index (χ1) is 7.72. The van der Waals surface area contributed by atoms with Gasteiger partial charge in [-0.3, -0.25) is 0 Å². The van der Waals surface area contributed by atoms with Gasteiger partial charge in [0.15, 0.2) is 0 Å². The number of rotatable bonds is 3. The van der Waals surface area contributed by atoms with Gasteiger partial charge in [-0.15, -0.1) is 0 Å². The van der Waals surface area contributed by atoms with Crippen LogP contribution in [0.5, 0.6) is 0 Å². The Bertz CT molecular complexity index is 460. The maximum absolute atomic E-state index is 11.1. The summed E-state index contributed by atoms with van der Waals surface area (Å²) in [7, 11) is 0. The minimum absolute atomic E-state index is 0.213. The predicted molar refractivity (Wildman–Crippen MR) is 63.7 cm³/mol. The largest absolute Gasteiger partial charge is 0.478 e. The van der Waals surface area contributed by atoms with Crippen molar-refractivity contribution < 1.29 is 19.8 Å². The highest BCUT2D eigenvalue weighted by Gasteiger charge is 2.22. The Hall–Kier alpha value is -2.04. The van der Waals surface area contributed by atoms with Gasteiger partial charge in [0, 0.05) is 11.2 Å². The fourth-order valence-electron chi connectivity index (χ4n) is 1.47. The molecule has 0 aliphatic rings. The molecule has 0 spiro atoms. The summed E-state index contributed by atoms with van der Waals surface area (Å²) in [6.07, 6.45) is 0. The molecule has 92 valence electrons. The van der Waals surface area contributed by atoms with Gasteiger partial charge < -0.3 is 15.5 Å². The molecule has 0 heterocycles. The zero-order valence-electron chi connectivity index (χ0n) is 9.94. The Labute approximate surface area is 99.1 Å². The second kappa shape index (κ2) is 4.45. The maximum Gasteiger partial charge on any atom is 0.338 e. The number of carboxylic acid groups (broad SMARTS) is 2. The summed E-state index contributed by atoms with van der Waals surface area (Å²) >= 11 is 0. The first kappa shape index (κ1) is 13.0. The molecule has 1 aromatic carbocycles. The summed E-state index contributed by atoms with van der Waals surface area (Å²) in [4.78, 5) is 22.1. The van der Waals surface area contributed by atoms with Gasteiger partial charge >= 0.3 is 11.9 Å². The number of carbonyl (C=O) groups is 2. The minimum Gasteiger partial charge on any atom is -0.478 e. The fraction of sp³-hybridized carbons (Fsp3) is 0.333. The van der Waals surface area contributed by atoms with Crippen molar-refractivity contribution in [3.63, 3.8) is 0 Å². The standard InChI is InChI=1S/C12H15NO4/c1-12(2,3)13-8-6-4-5-7(10(14)15)9(8)11(16)17/h4-6,13H,1-3H3,(H,14,15)(H,16,17). The van der Waals surface area contributed by atoms with E-state index >= 15 is 0 Å². The van der Waals surface area contributed by atoms with Gasteiger partial charge in [0.25, 0.3) is 0 Å². The average Bonchev–Trinajstić information content (AvgIpc) is 2.14. The van der Waals surface area contributed by atoms with E-state index in [2.05, 4.69) is 5.32 Å². The van der Waals surface area contributed by atoms with Gasteiger partial charge in [-0.05, 0) is 32.9 Å². The predicted octanol–water partition coefficient (Wildman–Crippen LogP) is 2.29. The molecule has 0 unspecified atom stereocenters. The molecule has 0 saturated carbocycles. The van der Waals surface area contributed by atoms with Crippen molar-refractivity contribution in [2.24, 2.45) is 0 Å². The van der Waals surface area contributed by atoms with Crippen LogP contribution in [0, 0.1) is 0 Å². The molecule has 0 aliphatic heterocycles. The van der Waals surface area contributed by atoms with Gasteiger partial charge in [-0.2, -0.15) is 0 Å². The summed E-state index contributed by atoms with van der Waals surface area (Å²) in [5.74, 6) is -2.50. The number of hydrogen-bond donors (Lipinski definition) is 3. The fourth-order valence-corrected chi connectivity index (χ4v) is 1.47. The van der Waals surface area contributed by atoms with Crippen molar-refractivity contribution in [1.29, 1.82) is 0 Å². The number of nitrogens with one attached hydrogen (secondary N) is 1. The van der Waals surface area contributed by atoms with Crippen molar-refractivity contribution in [3.8, 4) is 0 Å². The minimum atomic E-state index is -1.25. The molecule has 0 radical (unpaired) electrons. The van der Waals surface area contributed by atoms with Gasteiger partial charge in [0.05, 0.1) is 11.1 Å². The van der Waals surface area contributed by atoms with Crippen molar-refractivity contribution >= 4 is 17.6 Å². The monoisotopic (exact) mass is 237 g/mol. The molecule has 1 aromatic rings. The Balaban J connectivity index is 3.35. The van der Waals surface area contributed by atoms with Gasteiger partial charge in [-0.25, -0.2) is 9.59 Å². The zero-order valence-corrected chi connectivity index (χ0v) is 9.94. The number of aromatic carboxylic acids is 2. The van der Waals surface area contributed by atoms with Crippen molar-refractivity contribution in [3.05, 3.63) is 29.3 Å². The van der Waals surface area contributed by atoms with Crippen LogP contribution in [0.2, 0.25) is 0 Å². The van der Waals surface area contributed by atoms with Gasteiger partial charge in [0.2, 0.25) is 0 Å². The summed E-state index contributed by atoms with van der Waals surface area (Å²) in [6.45, 7) is 5.60. The van der Waals surface area contributed by atoms with Crippen molar-refractivity contribution in [1.82, 2.24) is 0 Å². The number of carboxylic acids is 2. The highest BCUT2D eigenvalue weighted by Crippen LogP contribution is 2.23. The quantitative estimate of drug-likeness (QED) is 0.750. The molecule has 5 heteroatoms. The molecule has 0 atom stereocenters. The van der Waals surface area contributed by atoms with Crippen LogP contribution >= 0.6 is 0 Å². The molecule has 17 heavy (non-hydrogen) atoms. The molecule has 0 aromatic heterocycles. The van der Waals surface area contributed by atoms with Crippen LogP contribution < -0.4 is 5.32 Å². The lowest BCUT2D eigenvalue weighted by atomic mass is 10.0. The van der Waals surface area contributed by atoms with E-state index in [4.69, 9.17) is 10.2 Å². The molecular weight excluding hydrogens is 222 g/mol. The number of hydrogen-bond acceptors (Lipinski definition) is 3. The van der Waals surface area contributed by atoms with E-state index in [1.54, 1.807) is 6.07 Å². The van der Waals surface area contributed by atoms with E-state index in [9.17, 15) is 9.59 Å². The molecule has 0 aliphatic carbocycles. The Morgan fingerprint density at radius 1 is 1.12 bits per heavy atom. The van der Waals surface area contributed by atoms with E-state index in [-0.39, 0.29) is 16.7 Å². The molecule has 3 N–H and O–H groups in total. The summed E-state index contributed by atoms with van der Waals surface area (Å²) < 4.78 is 0. The van der Waals surface area contributed by atoms with Crippen LogP contribution in [0.25, 0.3) is 0 Å². The molecule has 5 nitrogen and oxygen atoms in total. The normalized spacial score (nSPS) is 11.0. The summed E-state index contributed by atoms with van der Waals surface area (Å²) in [5, 5.41) is 21.0.